The highest BCUT2D eigenvalue weighted by atomic mass is 16.7. The van der Waals surface area contributed by atoms with Crippen LogP contribution >= 0.6 is 0 Å². The lowest BCUT2D eigenvalue weighted by Gasteiger charge is -2.27. The second-order valence-corrected chi connectivity index (χ2v) is 7.54. The fourth-order valence-corrected chi connectivity index (χ4v) is 3.10. The second kappa shape index (κ2) is 8.28. The molecule has 0 saturated heterocycles. The minimum Gasteiger partial charge on any atom is -0.454 e. The van der Waals surface area contributed by atoms with Crippen LogP contribution in [-0.2, 0) is 0 Å². The molecular formula is C19H25N5O4. The Morgan fingerprint density at radius 3 is 2.46 bits per heavy atom. The topological polar surface area (TPSA) is 103 Å². The van der Waals surface area contributed by atoms with Crippen molar-refractivity contribution in [2.45, 2.75) is 27.7 Å². The summed E-state index contributed by atoms with van der Waals surface area (Å²) in [4.78, 5) is 21.8. The zero-order chi connectivity index (χ0) is 20.3. The van der Waals surface area contributed by atoms with Gasteiger partial charge in [0.15, 0.2) is 11.5 Å². The van der Waals surface area contributed by atoms with Gasteiger partial charge >= 0.3 is 5.69 Å². The van der Waals surface area contributed by atoms with Crippen LogP contribution in [0.5, 0.6) is 11.5 Å². The van der Waals surface area contributed by atoms with Crippen LogP contribution < -0.4 is 19.7 Å². The molecule has 0 unspecified atom stereocenters. The zero-order valence-electron chi connectivity index (χ0n) is 16.5. The van der Waals surface area contributed by atoms with E-state index in [4.69, 9.17) is 9.47 Å². The molecule has 1 aromatic carbocycles. The van der Waals surface area contributed by atoms with Crippen molar-refractivity contribution in [3.63, 3.8) is 0 Å². The highest BCUT2D eigenvalue weighted by Gasteiger charge is 2.28. The number of hydrogen-bond donors (Lipinski definition) is 1. The third-order valence-electron chi connectivity index (χ3n) is 4.09. The van der Waals surface area contributed by atoms with Crippen LogP contribution in [0.3, 0.4) is 0 Å². The van der Waals surface area contributed by atoms with Crippen molar-refractivity contribution in [2.75, 3.05) is 30.1 Å². The molecule has 0 atom stereocenters. The lowest BCUT2D eigenvalue weighted by molar-refractivity contribution is -0.383. The first kappa shape index (κ1) is 19.7. The molecule has 0 fully saturated rings. The van der Waals surface area contributed by atoms with E-state index in [1.165, 1.54) is 6.33 Å². The molecule has 1 aliphatic heterocycles. The summed E-state index contributed by atoms with van der Waals surface area (Å²) in [6.07, 6.45) is 1.35. The Morgan fingerprint density at radius 2 is 1.82 bits per heavy atom. The summed E-state index contributed by atoms with van der Waals surface area (Å²) in [5.74, 6) is 2.36. The summed E-state index contributed by atoms with van der Waals surface area (Å²) < 4.78 is 10.7. The smallest absolute Gasteiger partial charge is 0.353 e. The standard InChI is InChI=1S/C19H25N5O4/c1-12(2)8-23(9-13(3)4)19-17(24(25)26)18(20-10-21-19)22-14-5-6-15-16(7-14)28-11-27-15/h5-7,10,12-13H,8-9,11H2,1-4H3,(H,20,21,22). The molecule has 2 heterocycles. The fourth-order valence-electron chi connectivity index (χ4n) is 3.10. The lowest BCUT2D eigenvalue weighted by atomic mass is 10.1. The van der Waals surface area contributed by atoms with Gasteiger partial charge < -0.3 is 19.7 Å². The van der Waals surface area contributed by atoms with Gasteiger partial charge in [-0.2, -0.15) is 0 Å². The molecule has 0 radical (unpaired) electrons. The van der Waals surface area contributed by atoms with Crippen LogP contribution in [0.2, 0.25) is 0 Å². The molecule has 0 saturated carbocycles. The quantitative estimate of drug-likeness (QED) is 0.536. The van der Waals surface area contributed by atoms with Crippen molar-refractivity contribution in [1.82, 2.24) is 9.97 Å². The largest absolute Gasteiger partial charge is 0.454 e. The number of fused-ring (bicyclic) bond motifs is 1. The van der Waals surface area contributed by atoms with Gasteiger partial charge in [0, 0.05) is 24.8 Å². The average molecular weight is 387 g/mol. The van der Waals surface area contributed by atoms with Gasteiger partial charge in [-0.1, -0.05) is 27.7 Å². The molecule has 0 aliphatic carbocycles. The first-order valence-electron chi connectivity index (χ1n) is 9.26. The Kier molecular flexibility index (Phi) is 5.81. The Morgan fingerprint density at radius 1 is 1.14 bits per heavy atom. The van der Waals surface area contributed by atoms with E-state index in [0.717, 1.165) is 0 Å². The number of nitrogens with zero attached hydrogens (tertiary/aromatic N) is 4. The van der Waals surface area contributed by atoms with Crippen molar-refractivity contribution < 1.29 is 14.4 Å². The molecule has 1 N–H and O–H groups in total. The summed E-state index contributed by atoms with van der Waals surface area (Å²) in [6.45, 7) is 9.80. The van der Waals surface area contributed by atoms with E-state index in [1.54, 1.807) is 18.2 Å². The van der Waals surface area contributed by atoms with Crippen LogP contribution in [0.4, 0.5) is 23.0 Å². The molecule has 1 aromatic heterocycles. The van der Waals surface area contributed by atoms with Crippen LogP contribution in [0.1, 0.15) is 27.7 Å². The van der Waals surface area contributed by atoms with E-state index >= 15 is 0 Å². The number of anilines is 3. The van der Waals surface area contributed by atoms with Gasteiger partial charge in [0.25, 0.3) is 0 Å². The second-order valence-electron chi connectivity index (χ2n) is 7.54. The van der Waals surface area contributed by atoms with Crippen LogP contribution in [0, 0.1) is 22.0 Å². The zero-order valence-corrected chi connectivity index (χ0v) is 16.5. The van der Waals surface area contributed by atoms with Crippen molar-refractivity contribution in [3.8, 4) is 11.5 Å². The number of rotatable bonds is 8. The predicted molar refractivity (Wildman–Crippen MR) is 106 cm³/mol. The van der Waals surface area contributed by atoms with Crippen LogP contribution in [0.25, 0.3) is 0 Å². The van der Waals surface area contributed by atoms with E-state index in [-0.39, 0.29) is 18.3 Å². The van der Waals surface area contributed by atoms with E-state index in [9.17, 15) is 10.1 Å². The Hall–Kier alpha value is -3.10. The molecule has 9 heteroatoms. The Balaban J connectivity index is 1.97. The number of nitro groups is 1. The van der Waals surface area contributed by atoms with Crippen molar-refractivity contribution >= 4 is 23.0 Å². The molecule has 1 aliphatic rings. The molecule has 9 nitrogen and oxygen atoms in total. The average Bonchev–Trinajstić information content (AvgIpc) is 3.07. The molecule has 150 valence electrons. The fraction of sp³-hybridized carbons (Fsp3) is 0.474. The summed E-state index contributed by atoms with van der Waals surface area (Å²) in [6, 6.07) is 5.25. The van der Waals surface area contributed by atoms with Crippen molar-refractivity contribution in [1.29, 1.82) is 0 Å². The summed E-state index contributed by atoms with van der Waals surface area (Å²) >= 11 is 0. The van der Waals surface area contributed by atoms with Gasteiger partial charge in [0.05, 0.1) is 4.92 Å². The summed E-state index contributed by atoms with van der Waals surface area (Å²) in [7, 11) is 0. The van der Waals surface area contributed by atoms with E-state index in [0.29, 0.717) is 47.9 Å². The minimum absolute atomic E-state index is 0.138. The van der Waals surface area contributed by atoms with Crippen molar-refractivity contribution in [3.05, 3.63) is 34.6 Å². The first-order chi connectivity index (χ1) is 13.3. The summed E-state index contributed by atoms with van der Waals surface area (Å²) in [5, 5.41) is 14.9. The Labute approximate surface area is 163 Å². The molecule has 0 bridgehead atoms. The van der Waals surface area contributed by atoms with Crippen molar-refractivity contribution in [2.24, 2.45) is 11.8 Å². The van der Waals surface area contributed by atoms with Gasteiger partial charge in [-0.05, 0) is 24.0 Å². The minimum atomic E-state index is -0.432. The van der Waals surface area contributed by atoms with E-state index < -0.39 is 4.92 Å². The molecule has 28 heavy (non-hydrogen) atoms. The van der Waals surface area contributed by atoms with Gasteiger partial charge in [0.1, 0.15) is 6.33 Å². The normalized spacial score (nSPS) is 12.5. The molecule has 2 aromatic rings. The highest BCUT2D eigenvalue weighted by Crippen LogP contribution is 2.38. The predicted octanol–water partition coefficient (Wildman–Crippen LogP) is 3.98. The molecule has 0 amide bonds. The third kappa shape index (κ3) is 4.41. The molecular weight excluding hydrogens is 362 g/mol. The Bertz CT molecular complexity index is 846. The van der Waals surface area contributed by atoms with Crippen LogP contribution in [-0.4, -0.2) is 34.8 Å². The maximum Gasteiger partial charge on any atom is 0.353 e. The van der Waals surface area contributed by atoms with Gasteiger partial charge in [0.2, 0.25) is 18.4 Å². The number of benzene rings is 1. The monoisotopic (exact) mass is 387 g/mol. The van der Waals surface area contributed by atoms with E-state index in [1.807, 2.05) is 4.90 Å². The lowest BCUT2D eigenvalue weighted by Crippen LogP contribution is -2.32. The number of ether oxygens (including phenoxy) is 2. The van der Waals surface area contributed by atoms with Crippen LogP contribution in [0.15, 0.2) is 24.5 Å². The van der Waals surface area contributed by atoms with Gasteiger partial charge in [-0.25, -0.2) is 9.97 Å². The maximum atomic E-state index is 11.9. The SMILES string of the molecule is CC(C)CN(CC(C)C)c1ncnc(Nc2ccc3c(c2)OCO3)c1[N+](=O)[O-]. The number of hydrogen-bond acceptors (Lipinski definition) is 8. The number of aromatic nitrogens is 2. The first-order valence-corrected chi connectivity index (χ1v) is 9.26. The van der Waals surface area contributed by atoms with E-state index in [2.05, 4.69) is 43.0 Å². The summed E-state index contributed by atoms with van der Waals surface area (Å²) in [5.41, 5.74) is 0.484. The maximum absolute atomic E-state index is 11.9. The third-order valence-corrected chi connectivity index (χ3v) is 4.09. The number of nitrogens with one attached hydrogen (secondary N) is 1. The van der Waals surface area contributed by atoms with Gasteiger partial charge in [-0.15, -0.1) is 0 Å². The highest BCUT2D eigenvalue weighted by molar-refractivity contribution is 5.75. The van der Waals surface area contributed by atoms with Gasteiger partial charge in [-0.3, -0.25) is 10.1 Å². The molecule has 3 rings (SSSR count). The molecule has 0 spiro atoms.